The second kappa shape index (κ2) is 5.78. The fourth-order valence-corrected chi connectivity index (χ4v) is 3.75. The normalized spacial score (nSPS) is 15.5. The van der Waals surface area contributed by atoms with Gasteiger partial charge in [0.15, 0.2) is 11.5 Å². The number of benzene rings is 2. The van der Waals surface area contributed by atoms with Crippen molar-refractivity contribution in [3.8, 4) is 17.2 Å². The molecule has 1 aliphatic heterocycles. The van der Waals surface area contributed by atoms with Crippen LogP contribution in [0.5, 0.6) is 17.2 Å². The van der Waals surface area contributed by atoms with E-state index in [1.54, 1.807) is 7.11 Å². The van der Waals surface area contributed by atoms with Crippen molar-refractivity contribution in [2.45, 2.75) is 12.5 Å². The molecule has 3 nitrogen and oxygen atoms in total. The van der Waals surface area contributed by atoms with Gasteiger partial charge >= 0.3 is 0 Å². The van der Waals surface area contributed by atoms with Crippen LogP contribution in [0, 0.1) is 0 Å². The maximum Gasteiger partial charge on any atom is 0.174 e. The van der Waals surface area contributed by atoms with Crippen molar-refractivity contribution in [2.75, 3.05) is 7.11 Å². The lowest BCUT2D eigenvalue weighted by Gasteiger charge is -2.30. The molecule has 4 rings (SSSR count). The molecule has 23 heavy (non-hydrogen) atoms. The van der Waals surface area contributed by atoms with Crippen molar-refractivity contribution in [1.82, 2.24) is 4.57 Å². The molecule has 4 heteroatoms. The summed E-state index contributed by atoms with van der Waals surface area (Å²) in [5.41, 5.74) is 2.33. The molecule has 0 bridgehead atoms. The molecule has 0 saturated heterocycles. The average molecular weight is 370 g/mol. The number of aromatic nitrogens is 1. The molecule has 0 radical (unpaired) electrons. The number of ether oxygens (including phenoxy) is 2. The van der Waals surface area contributed by atoms with E-state index in [4.69, 9.17) is 9.47 Å². The molecule has 2 heterocycles. The van der Waals surface area contributed by atoms with Crippen LogP contribution >= 0.6 is 15.9 Å². The zero-order valence-corrected chi connectivity index (χ0v) is 14.3. The summed E-state index contributed by atoms with van der Waals surface area (Å²) in [7, 11) is 1.67. The van der Waals surface area contributed by atoms with Crippen LogP contribution in [0.15, 0.2) is 65.4 Å². The summed E-state index contributed by atoms with van der Waals surface area (Å²) >= 11 is 3.70. The van der Waals surface area contributed by atoms with Gasteiger partial charge in [0.05, 0.1) is 7.11 Å². The molecule has 0 saturated carbocycles. The Kier molecular flexibility index (Phi) is 3.62. The van der Waals surface area contributed by atoms with Crippen molar-refractivity contribution >= 4 is 15.9 Å². The van der Waals surface area contributed by atoms with Crippen molar-refractivity contribution in [2.24, 2.45) is 0 Å². The monoisotopic (exact) mass is 369 g/mol. The SMILES string of the molecule is COc1ccc(Br)c2c1Oc1ccccc1C2Cn1cccc1. The minimum Gasteiger partial charge on any atom is -0.493 e. The molecule has 0 fully saturated rings. The molecular weight excluding hydrogens is 354 g/mol. The van der Waals surface area contributed by atoms with E-state index in [-0.39, 0.29) is 5.92 Å². The Labute approximate surface area is 143 Å². The molecule has 1 unspecified atom stereocenters. The second-order valence-electron chi connectivity index (χ2n) is 5.56. The summed E-state index contributed by atoms with van der Waals surface area (Å²) in [5.74, 6) is 2.66. The van der Waals surface area contributed by atoms with Gasteiger partial charge in [-0.15, -0.1) is 0 Å². The van der Waals surface area contributed by atoms with Crippen molar-refractivity contribution < 1.29 is 9.47 Å². The average Bonchev–Trinajstić information content (AvgIpc) is 3.08. The van der Waals surface area contributed by atoms with Crippen molar-refractivity contribution in [1.29, 1.82) is 0 Å². The summed E-state index contributed by atoms with van der Waals surface area (Å²) in [4.78, 5) is 0. The van der Waals surface area contributed by atoms with Gasteiger partial charge in [-0.25, -0.2) is 0 Å². The number of hydrogen-bond donors (Lipinski definition) is 0. The number of methoxy groups -OCH3 is 1. The van der Waals surface area contributed by atoms with Gasteiger partial charge in [-0.05, 0) is 30.3 Å². The second-order valence-corrected chi connectivity index (χ2v) is 6.42. The Morgan fingerprint density at radius 2 is 1.87 bits per heavy atom. The Morgan fingerprint density at radius 3 is 2.65 bits per heavy atom. The van der Waals surface area contributed by atoms with E-state index in [0.29, 0.717) is 0 Å². The Hall–Kier alpha value is -2.20. The molecule has 1 aromatic heterocycles. The molecule has 0 spiro atoms. The number of fused-ring (bicyclic) bond motifs is 2. The number of rotatable bonds is 3. The lowest BCUT2D eigenvalue weighted by Crippen LogP contribution is -2.16. The smallest absolute Gasteiger partial charge is 0.174 e. The lowest BCUT2D eigenvalue weighted by atomic mass is 9.87. The first-order valence-electron chi connectivity index (χ1n) is 7.52. The summed E-state index contributed by atoms with van der Waals surface area (Å²) in [5, 5.41) is 0. The van der Waals surface area contributed by atoms with Gasteiger partial charge in [0.2, 0.25) is 0 Å². The zero-order valence-electron chi connectivity index (χ0n) is 12.7. The molecule has 3 aromatic rings. The van der Waals surface area contributed by atoms with Gasteiger partial charge in [-0.1, -0.05) is 34.1 Å². The first-order valence-corrected chi connectivity index (χ1v) is 8.31. The fourth-order valence-electron chi connectivity index (χ4n) is 3.17. The summed E-state index contributed by atoms with van der Waals surface area (Å²) in [6.45, 7) is 0.853. The van der Waals surface area contributed by atoms with Crippen LogP contribution in [0.3, 0.4) is 0 Å². The molecular formula is C19H16BrNO2. The van der Waals surface area contributed by atoms with Gasteiger partial charge in [0.1, 0.15) is 5.75 Å². The van der Waals surface area contributed by atoms with E-state index in [9.17, 15) is 0 Å². The Balaban J connectivity index is 1.91. The number of para-hydroxylation sites is 1. The third-order valence-corrected chi connectivity index (χ3v) is 4.93. The largest absolute Gasteiger partial charge is 0.493 e. The van der Waals surface area contributed by atoms with Gasteiger partial charge in [0, 0.05) is 40.5 Å². The highest BCUT2D eigenvalue weighted by molar-refractivity contribution is 9.10. The molecule has 2 aromatic carbocycles. The summed E-state index contributed by atoms with van der Waals surface area (Å²) in [6.07, 6.45) is 4.18. The lowest BCUT2D eigenvalue weighted by molar-refractivity contribution is 0.363. The van der Waals surface area contributed by atoms with Gasteiger partial charge in [-0.3, -0.25) is 0 Å². The van der Waals surface area contributed by atoms with E-state index in [0.717, 1.165) is 33.8 Å². The van der Waals surface area contributed by atoms with Crippen LogP contribution in [-0.2, 0) is 6.54 Å². The van der Waals surface area contributed by atoms with Crippen LogP contribution < -0.4 is 9.47 Å². The van der Waals surface area contributed by atoms with Gasteiger partial charge < -0.3 is 14.0 Å². The third kappa shape index (κ3) is 2.43. The maximum absolute atomic E-state index is 6.17. The highest BCUT2D eigenvalue weighted by atomic mass is 79.9. The molecule has 0 N–H and O–H groups in total. The molecule has 0 amide bonds. The predicted octanol–water partition coefficient (Wildman–Crippen LogP) is 5.20. The van der Waals surface area contributed by atoms with Crippen LogP contribution in [0.25, 0.3) is 0 Å². The van der Waals surface area contributed by atoms with Crippen LogP contribution in [0.4, 0.5) is 0 Å². The first-order chi connectivity index (χ1) is 11.3. The minimum absolute atomic E-state index is 0.201. The number of hydrogen-bond acceptors (Lipinski definition) is 2. The summed E-state index contributed by atoms with van der Waals surface area (Å²) < 4.78 is 14.9. The van der Waals surface area contributed by atoms with Crippen molar-refractivity contribution in [3.05, 3.63) is 76.5 Å². The van der Waals surface area contributed by atoms with Crippen LogP contribution in [-0.4, -0.2) is 11.7 Å². The highest BCUT2D eigenvalue weighted by Crippen LogP contribution is 2.51. The van der Waals surface area contributed by atoms with Gasteiger partial charge in [-0.2, -0.15) is 0 Å². The zero-order chi connectivity index (χ0) is 15.8. The molecule has 1 atom stereocenters. The van der Waals surface area contributed by atoms with Crippen molar-refractivity contribution in [3.63, 3.8) is 0 Å². The maximum atomic E-state index is 6.17. The quantitative estimate of drug-likeness (QED) is 0.633. The Bertz CT molecular complexity index is 843. The van der Waals surface area contributed by atoms with E-state index in [1.807, 2.05) is 36.4 Å². The number of nitrogens with zero attached hydrogens (tertiary/aromatic N) is 1. The van der Waals surface area contributed by atoms with Gasteiger partial charge in [0.25, 0.3) is 0 Å². The van der Waals surface area contributed by atoms with E-state index < -0.39 is 0 Å². The standard InChI is InChI=1S/C19H16BrNO2/c1-22-17-9-8-15(20)18-14(12-21-10-4-5-11-21)13-6-2-3-7-16(13)23-19(17)18/h2-11,14H,12H2,1H3. The molecule has 1 aliphatic rings. The third-order valence-electron chi connectivity index (χ3n) is 4.24. The Morgan fingerprint density at radius 1 is 1.09 bits per heavy atom. The predicted molar refractivity (Wildman–Crippen MR) is 93.5 cm³/mol. The highest BCUT2D eigenvalue weighted by Gasteiger charge is 2.31. The molecule has 0 aliphatic carbocycles. The first kappa shape index (κ1) is 14.4. The van der Waals surface area contributed by atoms with E-state index >= 15 is 0 Å². The minimum atomic E-state index is 0.201. The fraction of sp³-hybridized carbons (Fsp3) is 0.158. The van der Waals surface area contributed by atoms with Crippen LogP contribution in [0.2, 0.25) is 0 Å². The molecule has 116 valence electrons. The summed E-state index contributed by atoms with van der Waals surface area (Å²) in [6, 6.07) is 16.3. The van der Waals surface area contributed by atoms with Crippen LogP contribution in [0.1, 0.15) is 17.0 Å². The van der Waals surface area contributed by atoms with E-state index in [2.05, 4.69) is 45.0 Å². The van der Waals surface area contributed by atoms with E-state index in [1.165, 1.54) is 5.56 Å². The number of halogens is 1. The topological polar surface area (TPSA) is 23.4 Å².